The molecule has 0 aliphatic heterocycles. The van der Waals surface area contributed by atoms with Crippen LogP contribution in [0.5, 0.6) is 0 Å². The fourth-order valence-corrected chi connectivity index (χ4v) is 2.14. The molecule has 0 heterocycles. The fourth-order valence-electron chi connectivity index (χ4n) is 2.14. The minimum Gasteiger partial charge on any atom is -0.273 e. The van der Waals surface area contributed by atoms with Crippen LogP contribution in [-0.4, -0.2) is 5.49 Å². The summed E-state index contributed by atoms with van der Waals surface area (Å²) < 4.78 is 0. The molecule has 0 saturated carbocycles. The zero-order chi connectivity index (χ0) is 16.6. The van der Waals surface area contributed by atoms with Gasteiger partial charge in [-0.05, 0) is 0 Å². The number of hydrogen-bond acceptors (Lipinski definition) is 0. The van der Waals surface area contributed by atoms with E-state index in [0.29, 0.717) is 0 Å². The number of rotatable bonds is 0. The van der Waals surface area contributed by atoms with Crippen LogP contribution in [0.25, 0.3) is 10.8 Å². The van der Waals surface area contributed by atoms with Gasteiger partial charge in [0.05, 0.1) is 0 Å². The van der Waals surface area contributed by atoms with Crippen LogP contribution in [0, 0.1) is 6.08 Å². The Morgan fingerprint density at radius 3 is 2.12 bits per heavy atom. The van der Waals surface area contributed by atoms with Crippen LogP contribution in [0.4, 0.5) is 0 Å². The van der Waals surface area contributed by atoms with Crippen molar-refractivity contribution in [2.24, 2.45) is 0 Å². The smallest absolute Gasteiger partial charge is 0.109 e. The van der Waals surface area contributed by atoms with E-state index in [0.717, 1.165) is 6.42 Å². The first-order valence-electron chi connectivity index (χ1n) is 7.71. The molecule has 0 nitrogen and oxygen atoms in total. The van der Waals surface area contributed by atoms with Crippen molar-refractivity contribution in [1.29, 1.82) is 0 Å². The average molecular weight is 546 g/mol. The first kappa shape index (κ1) is 26.2. The molecular weight excluding hydrogens is 518 g/mol. The Balaban J connectivity index is 0. The predicted octanol–water partition coefficient (Wildman–Crippen LogP) is 6.79. The van der Waals surface area contributed by atoms with Crippen molar-refractivity contribution in [3.05, 3.63) is 66.3 Å². The standard InChI is InChI=1S/C13H15.C5H5.C2H6Si.2ClH.Hf/c1-13(2,3)12-9-8-10-6-4-5-7-11(10)12;1-2-4-5-3-1;1-3-2;;;/h4-9H,1-3H3;1-3H,4H2;1-2H3;2*1H;/q2*-1;;;;+2. The van der Waals surface area contributed by atoms with Crippen LogP contribution >= 0.6 is 24.8 Å². The van der Waals surface area contributed by atoms with Crippen molar-refractivity contribution >= 4 is 41.1 Å². The van der Waals surface area contributed by atoms with Gasteiger partial charge in [0.2, 0.25) is 0 Å². The summed E-state index contributed by atoms with van der Waals surface area (Å²) >= 11 is 1.45. The molecule has 130 valence electrons. The van der Waals surface area contributed by atoms with E-state index in [-0.39, 0.29) is 35.7 Å². The maximum absolute atomic E-state index is 2.99. The maximum Gasteiger partial charge on any atom is -0.109 e. The zero-order valence-corrected chi connectivity index (χ0v) is 21.4. The molecule has 4 heteroatoms. The summed E-state index contributed by atoms with van der Waals surface area (Å²) in [6.07, 6.45) is 10.0. The first-order valence-corrected chi connectivity index (χ1v) is 15.6. The third-order valence-corrected chi connectivity index (χ3v) is 3.07. The molecule has 0 bridgehead atoms. The fraction of sp³-hybridized carbons (Fsp3) is 0.350. The second-order valence-corrected chi connectivity index (χ2v) is 19.4. The van der Waals surface area contributed by atoms with Gasteiger partial charge < -0.3 is 0 Å². The molecule has 2 aromatic carbocycles. The van der Waals surface area contributed by atoms with Crippen LogP contribution in [0.1, 0.15) is 32.8 Å². The van der Waals surface area contributed by atoms with E-state index in [4.69, 9.17) is 0 Å². The van der Waals surface area contributed by atoms with Crippen molar-refractivity contribution in [3.8, 4) is 0 Å². The van der Waals surface area contributed by atoms with E-state index in [1.807, 2.05) is 12.2 Å². The molecule has 0 radical (unpaired) electrons. The summed E-state index contributed by atoms with van der Waals surface area (Å²) in [7, 11) is 0. The monoisotopic (exact) mass is 546 g/mol. The van der Waals surface area contributed by atoms with E-state index < -0.39 is 0 Å². The molecule has 24 heavy (non-hydrogen) atoms. The minimum atomic E-state index is 0. The summed E-state index contributed by atoms with van der Waals surface area (Å²) in [5.41, 5.74) is 1.96. The van der Waals surface area contributed by atoms with Gasteiger partial charge in [-0.15, -0.1) is 77.9 Å². The van der Waals surface area contributed by atoms with Crippen molar-refractivity contribution in [3.63, 3.8) is 0 Å². The van der Waals surface area contributed by atoms with Crippen molar-refractivity contribution in [1.82, 2.24) is 0 Å². The van der Waals surface area contributed by atoms with Crippen LogP contribution in [0.2, 0.25) is 13.1 Å². The largest absolute Gasteiger partial charge is 0.273 e. The second kappa shape index (κ2) is 13.2. The average Bonchev–Trinajstić information content (AvgIpc) is 3.10. The molecule has 0 unspecified atom stereocenters. The van der Waals surface area contributed by atoms with Gasteiger partial charge in [0.25, 0.3) is 0 Å². The van der Waals surface area contributed by atoms with E-state index in [1.54, 1.807) is 0 Å². The van der Waals surface area contributed by atoms with Gasteiger partial charge in [-0.2, -0.15) is 6.08 Å². The van der Waals surface area contributed by atoms with Gasteiger partial charge in [-0.3, -0.25) is 6.08 Å². The Bertz CT molecular complexity index is 650. The molecule has 1 aliphatic carbocycles. The van der Waals surface area contributed by atoms with Gasteiger partial charge in [0, 0.05) is 0 Å². The van der Waals surface area contributed by atoms with E-state index >= 15 is 0 Å². The predicted molar refractivity (Wildman–Crippen MR) is 112 cm³/mol. The topological polar surface area (TPSA) is 0 Å². The first-order chi connectivity index (χ1) is 10.3. The molecule has 1 aliphatic rings. The third-order valence-electron chi connectivity index (χ3n) is 3.07. The molecular formula is C20H28Cl2HfSi. The minimum absolute atomic E-state index is 0. The van der Waals surface area contributed by atoms with Gasteiger partial charge in [0.15, 0.2) is 0 Å². The quantitative estimate of drug-likeness (QED) is 0.253. The Morgan fingerprint density at radius 2 is 1.71 bits per heavy atom. The molecule has 0 spiro atoms. The summed E-state index contributed by atoms with van der Waals surface area (Å²) in [6.45, 7) is 11.4. The number of benzene rings is 1. The van der Waals surface area contributed by atoms with E-state index in [9.17, 15) is 0 Å². The zero-order valence-electron chi connectivity index (χ0n) is 15.2. The van der Waals surface area contributed by atoms with Gasteiger partial charge >= 0.3 is 41.6 Å². The van der Waals surface area contributed by atoms with Crippen LogP contribution in [-0.2, 0) is 28.4 Å². The van der Waals surface area contributed by atoms with Crippen LogP contribution in [0.15, 0.2) is 54.6 Å². The van der Waals surface area contributed by atoms with Crippen molar-refractivity contribution < 1.29 is 23.0 Å². The van der Waals surface area contributed by atoms with Gasteiger partial charge in [-0.1, -0.05) is 32.3 Å². The van der Waals surface area contributed by atoms with E-state index in [2.05, 4.69) is 82.4 Å². The Labute approximate surface area is 175 Å². The molecule has 3 rings (SSSR count). The number of halogens is 2. The number of fused-ring (bicyclic) bond motifs is 1. The van der Waals surface area contributed by atoms with Crippen LogP contribution in [0.3, 0.4) is 0 Å². The number of hydrogen-bond donors (Lipinski definition) is 0. The normalized spacial score (nSPS) is 11.5. The SMILES string of the molecule is CC(C)(C)c1c[cH-]c2ccccc12.C[Si](C)=[Hf+2].Cl.Cl.[C-]1=CC=CC1. The van der Waals surface area contributed by atoms with Gasteiger partial charge in [0.1, 0.15) is 0 Å². The Kier molecular flexibility index (Phi) is 14.4. The molecule has 0 saturated heterocycles. The molecule has 0 aromatic heterocycles. The van der Waals surface area contributed by atoms with E-state index in [1.165, 1.54) is 39.3 Å². The molecule has 0 N–H and O–H groups in total. The molecule has 0 atom stereocenters. The Morgan fingerprint density at radius 1 is 1.12 bits per heavy atom. The maximum atomic E-state index is 2.99. The summed E-state index contributed by atoms with van der Waals surface area (Å²) in [5.74, 6) is 0. The third kappa shape index (κ3) is 10.1. The molecule has 2 aromatic rings. The summed E-state index contributed by atoms with van der Waals surface area (Å²) in [5, 5.41) is 2.75. The van der Waals surface area contributed by atoms with Gasteiger partial charge in [-0.25, -0.2) is 12.2 Å². The summed E-state index contributed by atoms with van der Waals surface area (Å²) in [6, 6.07) is 13.0. The molecule has 0 fully saturated rings. The number of allylic oxidation sites excluding steroid dienone is 4. The second-order valence-electron chi connectivity index (χ2n) is 6.59. The summed E-state index contributed by atoms with van der Waals surface area (Å²) in [4.78, 5) is 0. The van der Waals surface area contributed by atoms with Crippen molar-refractivity contribution in [2.45, 2.75) is 45.7 Å². The molecule has 0 amide bonds. The Hall–Kier alpha value is -0.0230. The van der Waals surface area contributed by atoms with Crippen LogP contribution < -0.4 is 0 Å². The van der Waals surface area contributed by atoms with Crippen molar-refractivity contribution in [2.75, 3.05) is 0 Å².